The van der Waals surface area contributed by atoms with Gasteiger partial charge in [-0.05, 0) is 43.7 Å². The highest BCUT2D eigenvalue weighted by molar-refractivity contribution is 5.97. The number of furan rings is 1. The summed E-state index contributed by atoms with van der Waals surface area (Å²) in [6, 6.07) is 6.65. The normalized spacial score (nSPS) is 11.6. The van der Waals surface area contributed by atoms with Gasteiger partial charge < -0.3 is 19.4 Å². The van der Waals surface area contributed by atoms with Crippen LogP contribution in [0.5, 0.6) is 5.75 Å². The summed E-state index contributed by atoms with van der Waals surface area (Å²) >= 11 is 0. The van der Waals surface area contributed by atoms with Gasteiger partial charge in [-0.3, -0.25) is 9.59 Å². The number of ether oxygens (including phenoxy) is 1. The molecule has 1 aromatic carbocycles. The van der Waals surface area contributed by atoms with Gasteiger partial charge in [0.15, 0.2) is 0 Å². The molecular formula is C18H21FN2O4. The molecule has 1 heterocycles. The fourth-order valence-corrected chi connectivity index (χ4v) is 2.20. The van der Waals surface area contributed by atoms with Crippen LogP contribution in [0.25, 0.3) is 0 Å². The number of halogens is 1. The molecule has 0 aliphatic carbocycles. The topological polar surface area (TPSA) is 71.8 Å². The molecule has 0 bridgehead atoms. The third kappa shape index (κ3) is 5.63. The maximum Gasteiger partial charge on any atom is 0.255 e. The van der Waals surface area contributed by atoms with E-state index in [1.165, 1.54) is 35.6 Å². The lowest BCUT2D eigenvalue weighted by Crippen LogP contribution is -2.45. The Bertz CT molecular complexity index is 686. The number of hydrogen-bond donors (Lipinski definition) is 1. The Balaban J connectivity index is 1.70. The Hall–Kier alpha value is -2.83. The third-order valence-corrected chi connectivity index (χ3v) is 3.60. The molecule has 0 spiro atoms. The summed E-state index contributed by atoms with van der Waals surface area (Å²) in [5, 5.41) is 2.63. The number of amides is 2. The monoisotopic (exact) mass is 348 g/mol. The van der Waals surface area contributed by atoms with Crippen LogP contribution in [0.15, 0.2) is 47.3 Å². The van der Waals surface area contributed by atoms with Gasteiger partial charge in [-0.25, -0.2) is 4.39 Å². The Morgan fingerprint density at radius 3 is 2.64 bits per heavy atom. The van der Waals surface area contributed by atoms with E-state index in [1.807, 2.05) is 0 Å². The van der Waals surface area contributed by atoms with E-state index < -0.39 is 6.04 Å². The molecule has 0 aliphatic rings. The predicted molar refractivity (Wildman–Crippen MR) is 89.8 cm³/mol. The first-order chi connectivity index (χ1) is 12.0. The molecule has 0 aliphatic heterocycles. The zero-order valence-electron chi connectivity index (χ0n) is 14.2. The molecule has 2 amide bonds. The number of carbonyl (C=O) groups excluding carboxylic acids is 2. The maximum atomic E-state index is 12.8. The molecule has 1 atom stereocenters. The first-order valence-corrected chi connectivity index (χ1v) is 7.94. The third-order valence-electron chi connectivity index (χ3n) is 3.60. The second-order valence-electron chi connectivity index (χ2n) is 5.62. The van der Waals surface area contributed by atoms with Crippen molar-refractivity contribution in [2.75, 3.05) is 20.2 Å². The van der Waals surface area contributed by atoms with E-state index in [2.05, 4.69) is 5.32 Å². The van der Waals surface area contributed by atoms with Gasteiger partial charge in [0, 0.05) is 13.6 Å². The molecule has 134 valence electrons. The van der Waals surface area contributed by atoms with E-state index >= 15 is 0 Å². The van der Waals surface area contributed by atoms with Crippen molar-refractivity contribution in [2.45, 2.75) is 19.4 Å². The summed E-state index contributed by atoms with van der Waals surface area (Å²) in [4.78, 5) is 25.7. The van der Waals surface area contributed by atoms with Crippen molar-refractivity contribution in [2.24, 2.45) is 0 Å². The molecule has 6 nitrogen and oxygen atoms in total. The summed E-state index contributed by atoms with van der Waals surface area (Å²) in [6.07, 6.45) is 3.33. The minimum absolute atomic E-state index is 0.196. The first kappa shape index (κ1) is 18.5. The fraction of sp³-hybridized carbons (Fsp3) is 0.333. The molecule has 2 aromatic rings. The lowest BCUT2D eigenvalue weighted by Gasteiger charge is -2.22. The highest BCUT2D eigenvalue weighted by Gasteiger charge is 2.20. The molecule has 0 radical (unpaired) electrons. The van der Waals surface area contributed by atoms with Gasteiger partial charge in [0.05, 0.1) is 18.4 Å². The maximum absolute atomic E-state index is 12.8. The number of nitrogens with zero attached hydrogens (tertiary/aromatic N) is 1. The van der Waals surface area contributed by atoms with Gasteiger partial charge >= 0.3 is 0 Å². The SMILES string of the molecule is CC(NC(=O)c1ccoc1)C(=O)N(C)CCCOc1ccc(F)cc1. The standard InChI is InChI=1S/C18H21FN2O4/c1-13(20-17(22)14-8-11-24-12-14)18(23)21(2)9-3-10-25-16-6-4-15(19)5-7-16/h4-8,11-13H,3,9-10H2,1-2H3,(H,20,22). The summed E-state index contributed by atoms with van der Waals surface area (Å²) < 4.78 is 23.1. The molecule has 0 saturated heterocycles. The minimum Gasteiger partial charge on any atom is -0.494 e. The highest BCUT2D eigenvalue weighted by Crippen LogP contribution is 2.11. The van der Waals surface area contributed by atoms with Crippen LogP contribution in [0.1, 0.15) is 23.7 Å². The second kappa shape index (κ2) is 8.86. The molecule has 0 fully saturated rings. The van der Waals surface area contributed by atoms with Crippen molar-refractivity contribution in [1.29, 1.82) is 0 Å². The van der Waals surface area contributed by atoms with Crippen molar-refractivity contribution in [3.05, 3.63) is 54.2 Å². The summed E-state index contributed by atoms with van der Waals surface area (Å²) in [5.74, 6) is -0.290. The Labute approximate surface area is 145 Å². The molecule has 1 aromatic heterocycles. The summed E-state index contributed by atoms with van der Waals surface area (Å²) in [7, 11) is 1.67. The molecule has 7 heteroatoms. The molecule has 1 N–H and O–H groups in total. The van der Waals surface area contributed by atoms with Crippen LogP contribution >= 0.6 is 0 Å². The van der Waals surface area contributed by atoms with Crippen molar-refractivity contribution in [1.82, 2.24) is 10.2 Å². The number of benzene rings is 1. The van der Waals surface area contributed by atoms with Gasteiger partial charge in [-0.2, -0.15) is 0 Å². The van der Waals surface area contributed by atoms with Crippen molar-refractivity contribution in [3.63, 3.8) is 0 Å². The van der Waals surface area contributed by atoms with E-state index in [9.17, 15) is 14.0 Å². The number of carbonyl (C=O) groups is 2. The fourth-order valence-electron chi connectivity index (χ4n) is 2.20. The van der Waals surface area contributed by atoms with Gasteiger partial charge in [-0.1, -0.05) is 0 Å². The zero-order chi connectivity index (χ0) is 18.2. The Kier molecular flexibility index (Phi) is 6.56. The minimum atomic E-state index is -0.648. The zero-order valence-corrected chi connectivity index (χ0v) is 14.2. The number of likely N-dealkylation sites (N-methyl/N-ethyl adjacent to an activating group) is 1. The van der Waals surface area contributed by atoms with Crippen molar-refractivity contribution in [3.8, 4) is 5.75 Å². The van der Waals surface area contributed by atoms with E-state index in [0.29, 0.717) is 30.9 Å². The number of rotatable bonds is 8. The van der Waals surface area contributed by atoms with Gasteiger partial charge in [-0.15, -0.1) is 0 Å². The Morgan fingerprint density at radius 2 is 2.00 bits per heavy atom. The quantitative estimate of drug-likeness (QED) is 0.744. The lowest BCUT2D eigenvalue weighted by atomic mass is 10.2. The van der Waals surface area contributed by atoms with Crippen molar-refractivity contribution < 1.29 is 23.1 Å². The molecule has 25 heavy (non-hydrogen) atoms. The molecular weight excluding hydrogens is 327 g/mol. The highest BCUT2D eigenvalue weighted by atomic mass is 19.1. The van der Waals surface area contributed by atoms with Gasteiger partial charge in [0.2, 0.25) is 5.91 Å². The average Bonchev–Trinajstić information content (AvgIpc) is 3.14. The summed E-state index contributed by atoms with van der Waals surface area (Å²) in [6.45, 7) is 2.51. The number of nitrogens with one attached hydrogen (secondary N) is 1. The first-order valence-electron chi connectivity index (χ1n) is 7.94. The average molecular weight is 348 g/mol. The summed E-state index contributed by atoms with van der Waals surface area (Å²) in [5.41, 5.74) is 0.370. The largest absolute Gasteiger partial charge is 0.494 e. The smallest absolute Gasteiger partial charge is 0.255 e. The van der Waals surface area contributed by atoms with Gasteiger partial charge in [0.1, 0.15) is 23.9 Å². The lowest BCUT2D eigenvalue weighted by molar-refractivity contribution is -0.131. The van der Waals surface area contributed by atoms with Gasteiger partial charge in [0.25, 0.3) is 5.91 Å². The van der Waals surface area contributed by atoms with E-state index in [-0.39, 0.29) is 17.6 Å². The van der Waals surface area contributed by atoms with Crippen LogP contribution in [-0.4, -0.2) is 43.0 Å². The molecule has 0 saturated carbocycles. The van der Waals surface area contributed by atoms with E-state index in [4.69, 9.17) is 9.15 Å². The van der Waals surface area contributed by atoms with Crippen LogP contribution < -0.4 is 10.1 Å². The van der Waals surface area contributed by atoms with Crippen molar-refractivity contribution >= 4 is 11.8 Å². The second-order valence-corrected chi connectivity index (χ2v) is 5.62. The number of hydrogen-bond acceptors (Lipinski definition) is 4. The molecule has 1 unspecified atom stereocenters. The van der Waals surface area contributed by atoms with E-state index in [1.54, 1.807) is 26.1 Å². The van der Waals surface area contributed by atoms with Crippen LogP contribution in [0, 0.1) is 5.82 Å². The van der Waals surface area contributed by atoms with Crippen LogP contribution in [0.4, 0.5) is 4.39 Å². The predicted octanol–water partition coefficient (Wildman–Crippen LogP) is 2.46. The van der Waals surface area contributed by atoms with Crippen LogP contribution in [0.3, 0.4) is 0 Å². The van der Waals surface area contributed by atoms with E-state index in [0.717, 1.165) is 0 Å². The van der Waals surface area contributed by atoms with Crippen LogP contribution in [0.2, 0.25) is 0 Å². The van der Waals surface area contributed by atoms with Crippen LogP contribution in [-0.2, 0) is 4.79 Å². The Morgan fingerprint density at radius 1 is 1.28 bits per heavy atom. The molecule has 2 rings (SSSR count).